The van der Waals surface area contributed by atoms with E-state index in [0.717, 1.165) is 18.7 Å². The molecule has 0 atom stereocenters. The molecule has 0 spiro atoms. The van der Waals surface area contributed by atoms with E-state index in [1.807, 2.05) is 0 Å². The number of hydrogen-bond donors (Lipinski definition) is 1. The Labute approximate surface area is 107 Å². The number of ether oxygens (including phenoxy) is 2. The number of nitrogens with one attached hydrogen (secondary N) is 1. The molecule has 1 heterocycles. The second-order valence-corrected chi connectivity index (χ2v) is 3.84. The summed E-state index contributed by atoms with van der Waals surface area (Å²) in [5, 5.41) is 7.20. The van der Waals surface area contributed by atoms with Crippen LogP contribution in [0.25, 0.3) is 0 Å². The summed E-state index contributed by atoms with van der Waals surface area (Å²) in [5.74, 6) is 0. The molecule has 1 N–H and O–H groups in total. The molecule has 6 nitrogen and oxygen atoms in total. The Morgan fingerprint density at radius 2 is 2.22 bits per heavy atom. The van der Waals surface area contributed by atoms with Gasteiger partial charge in [0.1, 0.15) is 0 Å². The summed E-state index contributed by atoms with van der Waals surface area (Å²) >= 11 is 0. The molecule has 0 aliphatic heterocycles. The summed E-state index contributed by atoms with van der Waals surface area (Å²) in [7, 11) is 1.62. The highest BCUT2D eigenvalue weighted by Crippen LogP contribution is 1.99. The summed E-state index contributed by atoms with van der Waals surface area (Å²) in [6, 6.07) is 1.55. The van der Waals surface area contributed by atoms with Crippen molar-refractivity contribution in [1.29, 1.82) is 0 Å². The Morgan fingerprint density at radius 3 is 2.89 bits per heavy atom. The zero-order valence-electron chi connectivity index (χ0n) is 11.0. The van der Waals surface area contributed by atoms with Gasteiger partial charge in [0.15, 0.2) is 0 Å². The fourth-order valence-corrected chi connectivity index (χ4v) is 1.36. The predicted molar refractivity (Wildman–Crippen MR) is 70.0 cm³/mol. The van der Waals surface area contributed by atoms with Gasteiger partial charge >= 0.3 is 0 Å². The molecular formula is C12H21N3O3. The molecule has 1 aromatic heterocycles. The first-order valence-corrected chi connectivity index (χ1v) is 6.15. The molecule has 0 fully saturated rings. The van der Waals surface area contributed by atoms with Crippen LogP contribution in [0.5, 0.6) is 0 Å². The molecule has 1 rings (SSSR count). The molecule has 0 saturated heterocycles. The topological polar surface area (TPSA) is 65.4 Å². The number of anilines is 1. The van der Waals surface area contributed by atoms with Gasteiger partial charge in [-0.1, -0.05) is 6.92 Å². The minimum absolute atomic E-state index is 0.119. The van der Waals surface area contributed by atoms with E-state index in [9.17, 15) is 4.79 Å². The van der Waals surface area contributed by atoms with E-state index < -0.39 is 0 Å². The van der Waals surface area contributed by atoms with Crippen molar-refractivity contribution in [2.24, 2.45) is 0 Å². The maximum atomic E-state index is 11.7. The second kappa shape index (κ2) is 8.66. The van der Waals surface area contributed by atoms with Crippen LogP contribution in [0.2, 0.25) is 0 Å². The summed E-state index contributed by atoms with van der Waals surface area (Å²) < 4.78 is 11.5. The lowest BCUT2D eigenvalue weighted by molar-refractivity contribution is 0.0649. The molecule has 0 aromatic carbocycles. The van der Waals surface area contributed by atoms with Gasteiger partial charge in [-0.25, -0.2) is 4.68 Å². The molecule has 18 heavy (non-hydrogen) atoms. The second-order valence-electron chi connectivity index (χ2n) is 3.84. The van der Waals surface area contributed by atoms with Gasteiger partial charge in [0, 0.05) is 19.7 Å². The smallest absolute Gasteiger partial charge is 0.268 e. The van der Waals surface area contributed by atoms with Gasteiger partial charge in [-0.3, -0.25) is 4.79 Å². The monoisotopic (exact) mass is 255 g/mol. The fourth-order valence-electron chi connectivity index (χ4n) is 1.36. The van der Waals surface area contributed by atoms with Gasteiger partial charge < -0.3 is 14.8 Å². The number of hydrogen-bond acceptors (Lipinski definition) is 5. The lowest BCUT2D eigenvalue weighted by Gasteiger charge is -2.07. The molecule has 0 saturated carbocycles. The van der Waals surface area contributed by atoms with Gasteiger partial charge in [0.25, 0.3) is 5.56 Å². The van der Waals surface area contributed by atoms with Crippen molar-refractivity contribution in [1.82, 2.24) is 9.78 Å². The van der Waals surface area contributed by atoms with Crippen LogP contribution in [-0.2, 0) is 16.0 Å². The van der Waals surface area contributed by atoms with Crippen molar-refractivity contribution in [3.8, 4) is 0 Å². The third kappa shape index (κ3) is 5.29. The summed E-state index contributed by atoms with van der Waals surface area (Å²) in [6.45, 7) is 4.91. The van der Waals surface area contributed by atoms with E-state index in [2.05, 4.69) is 17.3 Å². The summed E-state index contributed by atoms with van der Waals surface area (Å²) in [6.07, 6.45) is 2.67. The van der Waals surface area contributed by atoms with Crippen LogP contribution in [0.1, 0.15) is 13.3 Å². The van der Waals surface area contributed by atoms with Crippen LogP contribution in [0.4, 0.5) is 5.69 Å². The quantitative estimate of drug-likeness (QED) is 0.659. The van der Waals surface area contributed by atoms with Crippen molar-refractivity contribution in [3.63, 3.8) is 0 Å². The Bertz CT molecular complexity index is 392. The Balaban J connectivity index is 2.40. The lowest BCUT2D eigenvalue weighted by atomic mass is 10.4. The highest BCUT2D eigenvalue weighted by atomic mass is 16.5. The lowest BCUT2D eigenvalue weighted by Crippen LogP contribution is -2.25. The third-order valence-electron chi connectivity index (χ3n) is 2.33. The van der Waals surface area contributed by atoms with Crippen molar-refractivity contribution in [3.05, 3.63) is 22.6 Å². The highest BCUT2D eigenvalue weighted by Gasteiger charge is 1.99. The van der Waals surface area contributed by atoms with Crippen LogP contribution in [0.3, 0.4) is 0 Å². The largest absolute Gasteiger partial charge is 0.384 e. The fraction of sp³-hybridized carbons (Fsp3) is 0.667. The standard InChI is InChI=1S/C12H21N3O3/c1-3-4-13-11-9-12(16)15(14-10-11)5-6-18-8-7-17-2/h9-10,13H,3-8H2,1-2H3. The Hall–Kier alpha value is -1.40. The minimum atomic E-state index is -0.119. The van der Waals surface area contributed by atoms with Crippen LogP contribution in [-0.4, -0.2) is 43.3 Å². The van der Waals surface area contributed by atoms with E-state index in [4.69, 9.17) is 9.47 Å². The molecule has 0 amide bonds. The van der Waals surface area contributed by atoms with E-state index in [1.165, 1.54) is 4.68 Å². The molecule has 102 valence electrons. The van der Waals surface area contributed by atoms with Crippen LogP contribution < -0.4 is 10.9 Å². The Kier molecular flexibility index (Phi) is 7.05. The molecule has 6 heteroatoms. The van der Waals surface area contributed by atoms with Crippen molar-refractivity contribution in [2.45, 2.75) is 19.9 Å². The number of aromatic nitrogens is 2. The van der Waals surface area contributed by atoms with Gasteiger partial charge in [0.05, 0.1) is 38.2 Å². The van der Waals surface area contributed by atoms with Crippen LogP contribution >= 0.6 is 0 Å². The molecule has 0 aliphatic rings. The summed E-state index contributed by atoms with van der Waals surface area (Å²) in [4.78, 5) is 11.7. The van der Waals surface area contributed by atoms with Crippen LogP contribution in [0.15, 0.2) is 17.1 Å². The first kappa shape index (κ1) is 14.7. The van der Waals surface area contributed by atoms with Gasteiger partial charge in [-0.15, -0.1) is 0 Å². The SMILES string of the molecule is CCCNc1cnn(CCOCCOC)c(=O)c1. The minimum Gasteiger partial charge on any atom is -0.384 e. The summed E-state index contributed by atoms with van der Waals surface area (Å²) in [5.41, 5.74) is 0.643. The van der Waals surface area contributed by atoms with E-state index in [0.29, 0.717) is 26.4 Å². The van der Waals surface area contributed by atoms with E-state index in [-0.39, 0.29) is 5.56 Å². The molecular weight excluding hydrogens is 234 g/mol. The molecule has 0 unspecified atom stereocenters. The third-order valence-corrected chi connectivity index (χ3v) is 2.33. The predicted octanol–water partition coefficient (Wildman–Crippen LogP) is 0.728. The number of nitrogens with zero attached hydrogens (tertiary/aromatic N) is 2. The first-order valence-electron chi connectivity index (χ1n) is 6.15. The van der Waals surface area contributed by atoms with Crippen molar-refractivity contribution in [2.75, 3.05) is 38.8 Å². The van der Waals surface area contributed by atoms with Crippen LogP contribution in [0, 0.1) is 0 Å². The normalized spacial score (nSPS) is 10.6. The average Bonchev–Trinajstić information content (AvgIpc) is 2.38. The maximum absolute atomic E-state index is 11.7. The molecule has 0 bridgehead atoms. The van der Waals surface area contributed by atoms with Gasteiger partial charge in [-0.2, -0.15) is 5.10 Å². The van der Waals surface area contributed by atoms with Crippen molar-refractivity contribution >= 4 is 5.69 Å². The highest BCUT2D eigenvalue weighted by molar-refractivity contribution is 5.38. The van der Waals surface area contributed by atoms with Gasteiger partial charge in [0.2, 0.25) is 0 Å². The molecule has 1 aromatic rings. The Morgan fingerprint density at radius 1 is 1.39 bits per heavy atom. The zero-order chi connectivity index (χ0) is 13.2. The van der Waals surface area contributed by atoms with E-state index >= 15 is 0 Å². The van der Waals surface area contributed by atoms with Gasteiger partial charge in [-0.05, 0) is 6.42 Å². The van der Waals surface area contributed by atoms with Crippen molar-refractivity contribution < 1.29 is 9.47 Å². The average molecular weight is 255 g/mol. The first-order chi connectivity index (χ1) is 8.77. The zero-order valence-corrected chi connectivity index (χ0v) is 11.0. The maximum Gasteiger partial charge on any atom is 0.268 e. The molecule has 0 radical (unpaired) electrons. The number of rotatable bonds is 9. The number of methoxy groups -OCH3 is 1. The van der Waals surface area contributed by atoms with E-state index in [1.54, 1.807) is 19.4 Å². The molecule has 0 aliphatic carbocycles.